The van der Waals surface area contributed by atoms with Gasteiger partial charge in [-0.05, 0) is 12.8 Å². The van der Waals surface area contributed by atoms with E-state index in [0.717, 1.165) is 26.1 Å². The molecule has 0 rings (SSSR count). The van der Waals surface area contributed by atoms with Crippen LogP contribution in [0, 0.1) is 0 Å². The third kappa shape index (κ3) is 12.5. The summed E-state index contributed by atoms with van der Waals surface area (Å²) < 4.78 is 16.3. The van der Waals surface area contributed by atoms with Crippen LogP contribution in [0.15, 0.2) is 0 Å². The van der Waals surface area contributed by atoms with Crippen LogP contribution in [0.2, 0.25) is 0 Å². The Labute approximate surface area is 114 Å². The summed E-state index contributed by atoms with van der Waals surface area (Å²) in [6.45, 7) is 5.84. The van der Waals surface area contributed by atoms with Crippen LogP contribution in [0.1, 0.15) is 65.2 Å². The Kier molecular flexibility index (Phi) is 15.2. The molecule has 110 valence electrons. The Bertz CT molecular complexity index is 144. The van der Waals surface area contributed by atoms with E-state index < -0.39 is 9.53 Å². The van der Waals surface area contributed by atoms with Crippen LogP contribution in [-0.2, 0) is 18.3 Å². The van der Waals surface area contributed by atoms with Gasteiger partial charge in [-0.2, -0.15) is 0 Å². The molecule has 0 aliphatic heterocycles. The maximum atomic E-state index is 5.61. The minimum Gasteiger partial charge on any atom is -0.375 e. The van der Waals surface area contributed by atoms with Crippen molar-refractivity contribution in [3.8, 4) is 0 Å². The van der Waals surface area contributed by atoms with Crippen molar-refractivity contribution in [2.45, 2.75) is 65.2 Å². The van der Waals surface area contributed by atoms with Crippen molar-refractivity contribution in [2.24, 2.45) is 0 Å². The molecule has 0 heterocycles. The second kappa shape index (κ2) is 15.1. The average molecular weight is 278 g/mol. The van der Waals surface area contributed by atoms with Crippen LogP contribution in [-0.4, -0.2) is 29.9 Å². The maximum absolute atomic E-state index is 5.61. The molecule has 0 spiro atoms. The van der Waals surface area contributed by atoms with E-state index in [1.165, 1.54) is 45.6 Å². The number of hydrogen-bond donors (Lipinski definition) is 0. The number of unbranched alkanes of at least 4 members (excludes halogenated alkanes) is 6. The Morgan fingerprint density at radius 1 is 0.722 bits per heavy atom. The molecule has 0 atom stereocenters. The van der Waals surface area contributed by atoms with Gasteiger partial charge in [0.05, 0.1) is 7.11 Å². The Balaban J connectivity index is 3.45. The quantitative estimate of drug-likeness (QED) is 0.211. The molecule has 0 saturated heterocycles. The maximum Gasteiger partial charge on any atom is 0.513 e. The molecule has 4 nitrogen and oxygen atoms in total. The predicted octanol–water partition coefficient (Wildman–Crippen LogP) is 3.48. The van der Waals surface area contributed by atoms with Gasteiger partial charge in [0.1, 0.15) is 0 Å². The minimum absolute atomic E-state index is 0.717. The molecule has 0 aromatic heterocycles. The monoisotopic (exact) mass is 278 g/mol. The molecule has 0 fully saturated rings. The standard InChI is InChI=1S/C13H30O4Si/c1-4-6-8-10-12-15-18(17-14-3)16-13-11-9-7-5-2/h18H,4-13H2,1-3H3. The molecule has 0 aliphatic rings. The molecule has 0 radical (unpaired) electrons. The van der Waals surface area contributed by atoms with Gasteiger partial charge in [0.2, 0.25) is 0 Å². The summed E-state index contributed by atoms with van der Waals surface area (Å²) in [5.74, 6) is 0. The largest absolute Gasteiger partial charge is 0.513 e. The third-order valence-corrected chi connectivity index (χ3v) is 4.04. The van der Waals surface area contributed by atoms with Crippen LogP contribution in [0.5, 0.6) is 0 Å². The highest BCUT2D eigenvalue weighted by Crippen LogP contribution is 2.03. The van der Waals surface area contributed by atoms with Gasteiger partial charge in [-0.15, -0.1) is 0 Å². The molecule has 0 N–H and O–H groups in total. The lowest BCUT2D eigenvalue weighted by Crippen LogP contribution is -2.28. The summed E-state index contributed by atoms with van der Waals surface area (Å²) in [7, 11) is -0.558. The lowest BCUT2D eigenvalue weighted by molar-refractivity contribution is -0.216. The van der Waals surface area contributed by atoms with Crippen molar-refractivity contribution >= 4 is 9.53 Å². The summed E-state index contributed by atoms with van der Waals surface area (Å²) in [5, 5.41) is 0. The highest BCUT2D eigenvalue weighted by atomic mass is 28.3. The highest BCUT2D eigenvalue weighted by molar-refractivity contribution is 6.35. The summed E-state index contributed by atoms with van der Waals surface area (Å²) in [6.07, 6.45) is 9.57. The molecular formula is C13H30O4Si. The fraction of sp³-hybridized carbons (Fsp3) is 1.00. The number of rotatable bonds is 14. The van der Waals surface area contributed by atoms with E-state index in [0.29, 0.717) is 0 Å². The smallest absolute Gasteiger partial charge is 0.375 e. The normalized spacial score (nSPS) is 11.3. The fourth-order valence-electron chi connectivity index (χ4n) is 1.60. The zero-order chi connectivity index (χ0) is 13.5. The zero-order valence-corrected chi connectivity index (χ0v) is 13.4. The van der Waals surface area contributed by atoms with Crippen LogP contribution >= 0.6 is 0 Å². The van der Waals surface area contributed by atoms with E-state index >= 15 is 0 Å². The van der Waals surface area contributed by atoms with Crippen LogP contribution < -0.4 is 0 Å². The molecule has 0 unspecified atom stereocenters. The molecule has 18 heavy (non-hydrogen) atoms. The Hall–Kier alpha value is 0.0569. The Morgan fingerprint density at radius 3 is 1.61 bits per heavy atom. The van der Waals surface area contributed by atoms with Crippen molar-refractivity contribution in [3.63, 3.8) is 0 Å². The van der Waals surface area contributed by atoms with E-state index in [2.05, 4.69) is 18.7 Å². The highest BCUT2D eigenvalue weighted by Gasteiger charge is 2.15. The van der Waals surface area contributed by atoms with Gasteiger partial charge >= 0.3 is 9.53 Å². The van der Waals surface area contributed by atoms with E-state index in [1.54, 1.807) is 0 Å². The lowest BCUT2D eigenvalue weighted by atomic mass is 10.2. The summed E-state index contributed by atoms with van der Waals surface area (Å²) >= 11 is 0. The average Bonchev–Trinajstić information content (AvgIpc) is 2.38. The van der Waals surface area contributed by atoms with Crippen LogP contribution in [0.25, 0.3) is 0 Å². The second-order valence-corrected chi connectivity index (χ2v) is 5.85. The van der Waals surface area contributed by atoms with E-state index in [1.807, 2.05) is 0 Å². The predicted molar refractivity (Wildman–Crippen MR) is 75.4 cm³/mol. The summed E-state index contributed by atoms with van der Waals surface area (Å²) in [6, 6.07) is 0. The molecule has 5 heteroatoms. The van der Waals surface area contributed by atoms with Gasteiger partial charge in [-0.3, -0.25) is 0 Å². The van der Waals surface area contributed by atoms with Gasteiger partial charge in [0, 0.05) is 13.2 Å². The van der Waals surface area contributed by atoms with Crippen molar-refractivity contribution < 1.29 is 18.3 Å². The fourth-order valence-corrected chi connectivity index (χ4v) is 2.68. The Morgan fingerprint density at radius 2 is 1.22 bits per heavy atom. The molecule has 0 aliphatic carbocycles. The van der Waals surface area contributed by atoms with Gasteiger partial charge in [-0.1, -0.05) is 52.4 Å². The third-order valence-electron chi connectivity index (χ3n) is 2.68. The van der Waals surface area contributed by atoms with Gasteiger partial charge in [0.25, 0.3) is 0 Å². The lowest BCUT2D eigenvalue weighted by Gasteiger charge is -2.14. The first-order chi connectivity index (χ1) is 8.85. The van der Waals surface area contributed by atoms with Crippen molar-refractivity contribution in [2.75, 3.05) is 20.3 Å². The molecule has 0 aromatic carbocycles. The van der Waals surface area contributed by atoms with Gasteiger partial charge < -0.3 is 8.85 Å². The first kappa shape index (κ1) is 18.1. The summed E-state index contributed by atoms with van der Waals surface area (Å²) in [4.78, 5) is 4.67. The van der Waals surface area contributed by atoms with Crippen LogP contribution in [0.4, 0.5) is 0 Å². The van der Waals surface area contributed by atoms with E-state index in [-0.39, 0.29) is 0 Å². The molecule has 0 aromatic rings. The van der Waals surface area contributed by atoms with Gasteiger partial charge in [0.15, 0.2) is 0 Å². The second-order valence-electron chi connectivity index (χ2n) is 4.41. The SMILES string of the molecule is CCCCCCO[SiH](OCCCCCC)OOC. The summed E-state index contributed by atoms with van der Waals surface area (Å²) in [5.41, 5.74) is 0. The molecule has 0 saturated carbocycles. The number of hydrogen-bond acceptors (Lipinski definition) is 4. The molecular weight excluding hydrogens is 248 g/mol. The molecule has 0 bridgehead atoms. The first-order valence-corrected chi connectivity index (χ1v) is 8.69. The van der Waals surface area contributed by atoms with Crippen molar-refractivity contribution in [3.05, 3.63) is 0 Å². The van der Waals surface area contributed by atoms with E-state index in [9.17, 15) is 0 Å². The van der Waals surface area contributed by atoms with Crippen LogP contribution in [0.3, 0.4) is 0 Å². The topological polar surface area (TPSA) is 36.9 Å². The molecule has 0 amide bonds. The van der Waals surface area contributed by atoms with Crippen molar-refractivity contribution in [1.29, 1.82) is 0 Å². The minimum atomic E-state index is -2.06. The first-order valence-electron chi connectivity index (χ1n) is 7.27. The van der Waals surface area contributed by atoms with Crippen molar-refractivity contribution in [1.82, 2.24) is 0 Å². The van der Waals surface area contributed by atoms with Gasteiger partial charge in [-0.25, -0.2) is 9.46 Å². The van der Waals surface area contributed by atoms with E-state index in [4.69, 9.17) is 13.4 Å². The zero-order valence-electron chi connectivity index (χ0n) is 12.3.